The fourth-order valence-electron chi connectivity index (χ4n) is 10.2. The first-order valence-electron chi connectivity index (χ1n) is 24.1. The number of aromatic nitrogens is 6. The summed E-state index contributed by atoms with van der Waals surface area (Å²) < 4.78 is 0. The van der Waals surface area contributed by atoms with E-state index in [4.69, 9.17) is 17.3 Å². The Labute approximate surface area is 404 Å². The van der Waals surface area contributed by atoms with Gasteiger partial charge < -0.3 is 31.5 Å². The van der Waals surface area contributed by atoms with Crippen LogP contribution in [0.15, 0.2) is 19.0 Å². The fraction of sp³-hybridized carbons (Fsp3) is 0.625. The molecule has 0 saturated carbocycles. The highest BCUT2D eigenvalue weighted by Crippen LogP contribution is 2.41. The van der Waals surface area contributed by atoms with E-state index in [1.165, 1.54) is 164 Å². The molecule has 3 saturated heterocycles. The van der Waals surface area contributed by atoms with Gasteiger partial charge >= 0.3 is 0 Å². The maximum absolute atomic E-state index is 6.04. The van der Waals surface area contributed by atoms with Gasteiger partial charge in [-0.25, -0.2) is 29.9 Å². The molecule has 6 aromatic rings. The van der Waals surface area contributed by atoms with E-state index in [1.807, 2.05) is 22.7 Å². The molecular formula is C48H72ClN13S3. The summed E-state index contributed by atoms with van der Waals surface area (Å²) in [5, 5.41) is 14.8. The van der Waals surface area contributed by atoms with Crippen LogP contribution in [-0.4, -0.2) is 136 Å². The molecule has 0 radical (unpaired) electrons. The van der Waals surface area contributed by atoms with Crippen LogP contribution in [0.25, 0.3) is 30.6 Å². The zero-order valence-electron chi connectivity index (χ0n) is 37.4. The van der Waals surface area contributed by atoms with Crippen LogP contribution in [0.5, 0.6) is 0 Å². The number of thiophene rings is 3. The Morgan fingerprint density at radius 2 is 0.938 bits per heavy atom. The number of piperazine rings is 1. The number of hydrogen-bond donors (Lipinski definition) is 4. The predicted molar refractivity (Wildman–Crippen MR) is 278 cm³/mol. The molecule has 354 valence electrons. The van der Waals surface area contributed by atoms with Gasteiger partial charge in [0, 0.05) is 81.5 Å². The second-order valence-corrected chi connectivity index (χ2v) is 21.4. The lowest BCUT2D eigenvalue weighted by Gasteiger charge is -2.27. The number of aryl methyl sites for hydroxylation is 6. The Balaban J connectivity index is 0.000000136. The summed E-state index contributed by atoms with van der Waals surface area (Å²) in [4.78, 5) is 41.5. The highest BCUT2D eigenvalue weighted by molar-refractivity contribution is 7.19. The van der Waals surface area contributed by atoms with Crippen molar-refractivity contribution in [2.45, 2.75) is 104 Å². The molecule has 0 unspecified atom stereocenters. The van der Waals surface area contributed by atoms with Gasteiger partial charge in [0.1, 0.15) is 50.3 Å². The predicted octanol–water partition coefficient (Wildman–Crippen LogP) is 8.72. The summed E-state index contributed by atoms with van der Waals surface area (Å²) in [6.07, 6.45) is 24.2. The Morgan fingerprint density at radius 1 is 0.523 bits per heavy atom. The molecule has 3 fully saturated rings. The summed E-state index contributed by atoms with van der Waals surface area (Å²) in [5.74, 6) is 2.09. The summed E-state index contributed by atoms with van der Waals surface area (Å²) in [6, 6.07) is 0. The van der Waals surface area contributed by atoms with Crippen molar-refractivity contribution in [1.82, 2.24) is 49.9 Å². The quantitative estimate of drug-likeness (QED) is 0.0972. The lowest BCUT2D eigenvalue weighted by Crippen LogP contribution is -2.45. The van der Waals surface area contributed by atoms with E-state index in [0.717, 1.165) is 103 Å². The topological polar surface area (TPSA) is 149 Å². The number of fused-ring (bicyclic) bond motifs is 9. The molecule has 0 bridgehead atoms. The third-order valence-electron chi connectivity index (χ3n) is 13.5. The number of anilines is 2. The van der Waals surface area contributed by atoms with E-state index in [1.54, 1.807) is 24.0 Å². The van der Waals surface area contributed by atoms with E-state index >= 15 is 0 Å². The molecule has 6 aliphatic rings. The van der Waals surface area contributed by atoms with Gasteiger partial charge in [-0.3, -0.25) is 4.90 Å². The van der Waals surface area contributed by atoms with Crippen LogP contribution in [-0.2, 0) is 38.5 Å². The van der Waals surface area contributed by atoms with Gasteiger partial charge in [0.15, 0.2) is 0 Å². The first kappa shape index (κ1) is 48.3. The van der Waals surface area contributed by atoms with Crippen LogP contribution in [0.2, 0.25) is 5.15 Å². The molecular weight excluding hydrogens is 890 g/mol. The number of nitrogens with two attached hydrogens (primary N) is 1. The monoisotopic (exact) mass is 962 g/mol. The molecule has 5 N–H and O–H groups in total. The van der Waals surface area contributed by atoms with E-state index in [9.17, 15) is 0 Å². The molecule has 3 aliphatic carbocycles. The SMILES string of the molecule is C.Clc1ncnc2sc3c(c12)CCC3.NCCN1CCCCC1.[2HH].c1nc(NCCN2CCCCC2)c2c3c(sc2n1)CCC3.c1nc(NCCN2CCNCC2)c2c3c(sc2n1)CCC3. The summed E-state index contributed by atoms with van der Waals surface area (Å²) in [5.41, 5.74) is 9.82. The minimum absolute atomic E-state index is 0. The van der Waals surface area contributed by atoms with Crippen molar-refractivity contribution in [2.24, 2.45) is 5.73 Å². The second-order valence-electron chi connectivity index (χ2n) is 17.8. The van der Waals surface area contributed by atoms with Gasteiger partial charge in [-0.2, -0.15) is 0 Å². The Hall–Kier alpha value is -3.19. The highest BCUT2D eigenvalue weighted by Gasteiger charge is 2.23. The van der Waals surface area contributed by atoms with Gasteiger partial charge in [0.05, 0.1) is 16.2 Å². The summed E-state index contributed by atoms with van der Waals surface area (Å²) >= 11 is 11.5. The average molecular weight is 964 g/mol. The molecule has 65 heavy (non-hydrogen) atoms. The standard InChI is InChI=1S/C16H22N4S.C15H21N5S.C9H7ClN2S.C7H16N2.CH4.H2/c1-2-8-20(9-3-1)10-7-17-15-14-12-5-4-6-13(12)21-16(14)19-11-18-15;1-2-11-12(3-1)21-15-13(11)14(18-10-19-15)17-6-9-20-7-4-16-5-8-20;10-8-7-5-2-1-3-6(5)13-9(7)12-4-11-8;8-4-7-9-5-2-1-3-6-9;;/h11H,1-10H2,(H,17,18,19);10,16H,1-9H2,(H,17,18,19);4H,1-3H2;1-8H2;1H4;1H/i;;;;;1+1. The molecule has 13 nitrogen and oxygen atoms in total. The van der Waals surface area contributed by atoms with Gasteiger partial charge in [-0.05, 0) is 126 Å². The third-order valence-corrected chi connectivity index (χ3v) is 17.3. The zero-order valence-corrected chi connectivity index (χ0v) is 40.6. The molecule has 6 aromatic heterocycles. The Morgan fingerprint density at radius 3 is 1.42 bits per heavy atom. The number of nitrogens with zero attached hydrogens (tertiary/aromatic N) is 9. The van der Waals surface area contributed by atoms with Gasteiger partial charge in [-0.15, -0.1) is 34.0 Å². The number of nitrogens with one attached hydrogen (secondary N) is 3. The van der Waals surface area contributed by atoms with Crippen LogP contribution in [0, 0.1) is 0 Å². The van der Waals surface area contributed by atoms with Crippen molar-refractivity contribution in [2.75, 3.05) is 102 Å². The maximum atomic E-state index is 6.04. The molecule has 0 amide bonds. The molecule has 0 spiro atoms. The normalized spacial score (nSPS) is 18.4. The van der Waals surface area contributed by atoms with Crippen molar-refractivity contribution in [1.29, 1.82) is 0 Å². The summed E-state index contributed by atoms with van der Waals surface area (Å²) in [7, 11) is 0. The van der Waals surface area contributed by atoms with Crippen LogP contribution < -0.4 is 21.7 Å². The molecule has 3 aliphatic heterocycles. The zero-order chi connectivity index (χ0) is 43.5. The van der Waals surface area contributed by atoms with Crippen LogP contribution in [0.4, 0.5) is 11.6 Å². The third kappa shape index (κ3) is 12.1. The second kappa shape index (κ2) is 24.2. The minimum Gasteiger partial charge on any atom is -0.368 e. The van der Waals surface area contributed by atoms with Crippen molar-refractivity contribution in [3.63, 3.8) is 0 Å². The molecule has 0 atom stereocenters. The van der Waals surface area contributed by atoms with E-state index < -0.39 is 0 Å². The van der Waals surface area contributed by atoms with Gasteiger partial charge in [0.25, 0.3) is 0 Å². The minimum atomic E-state index is 0. The van der Waals surface area contributed by atoms with E-state index in [0.29, 0.717) is 5.15 Å². The van der Waals surface area contributed by atoms with E-state index in [2.05, 4.69) is 60.6 Å². The number of halogens is 1. The van der Waals surface area contributed by atoms with Crippen molar-refractivity contribution >= 4 is 87.9 Å². The van der Waals surface area contributed by atoms with Gasteiger partial charge in [-0.1, -0.05) is 31.9 Å². The number of rotatable bonds is 10. The number of piperidine rings is 2. The van der Waals surface area contributed by atoms with Crippen LogP contribution in [0.3, 0.4) is 0 Å². The largest absolute Gasteiger partial charge is 0.368 e. The van der Waals surface area contributed by atoms with Crippen molar-refractivity contribution in [3.8, 4) is 0 Å². The van der Waals surface area contributed by atoms with Crippen LogP contribution in [0.1, 0.15) is 98.0 Å². The van der Waals surface area contributed by atoms with Gasteiger partial charge in [0.2, 0.25) is 0 Å². The average Bonchev–Trinajstić information content (AvgIpc) is 4.19. The van der Waals surface area contributed by atoms with Crippen molar-refractivity contribution < 1.29 is 1.43 Å². The molecule has 0 aromatic carbocycles. The lowest BCUT2D eigenvalue weighted by molar-refractivity contribution is 0.235. The highest BCUT2D eigenvalue weighted by atomic mass is 35.5. The first-order valence-corrected chi connectivity index (χ1v) is 26.9. The molecule has 17 heteroatoms. The Bertz CT molecular complexity index is 2310. The molecule has 12 rings (SSSR count). The maximum Gasteiger partial charge on any atom is 0.141 e. The van der Waals surface area contributed by atoms with Crippen LogP contribution >= 0.6 is 45.6 Å². The Kier molecular flexibility index (Phi) is 18.0. The van der Waals surface area contributed by atoms with E-state index in [-0.39, 0.29) is 8.85 Å². The molecule has 9 heterocycles. The number of likely N-dealkylation sites (tertiary alicyclic amines) is 2. The fourth-order valence-corrected chi connectivity index (χ4v) is 14.2. The van der Waals surface area contributed by atoms with Crippen molar-refractivity contribution in [3.05, 3.63) is 55.5 Å². The lowest BCUT2D eigenvalue weighted by atomic mass is 10.1. The summed E-state index contributed by atoms with van der Waals surface area (Å²) in [6.45, 7) is 15.6. The number of hydrogen-bond acceptors (Lipinski definition) is 16. The smallest absolute Gasteiger partial charge is 0.141 e. The first-order chi connectivity index (χ1) is 31.6.